The molecular formula is C13H6BrClF2O3. The van der Waals surface area contributed by atoms with Crippen LogP contribution in [-0.4, -0.2) is 11.1 Å². The predicted octanol–water partition coefficient (Wildman–Crippen LogP) is 4.87. The molecule has 0 heterocycles. The van der Waals surface area contributed by atoms with E-state index in [2.05, 4.69) is 15.9 Å². The summed E-state index contributed by atoms with van der Waals surface area (Å²) in [5.74, 6) is -4.18. The third-order valence-electron chi connectivity index (χ3n) is 2.35. The highest BCUT2D eigenvalue weighted by molar-refractivity contribution is 9.10. The lowest BCUT2D eigenvalue weighted by Gasteiger charge is -2.10. The van der Waals surface area contributed by atoms with Crippen LogP contribution in [0.4, 0.5) is 8.78 Å². The van der Waals surface area contributed by atoms with Gasteiger partial charge in [-0.15, -0.1) is 0 Å². The van der Waals surface area contributed by atoms with Crippen molar-refractivity contribution in [2.24, 2.45) is 0 Å². The zero-order chi connectivity index (χ0) is 14.9. The van der Waals surface area contributed by atoms with Crippen molar-refractivity contribution < 1.29 is 23.4 Å². The van der Waals surface area contributed by atoms with Gasteiger partial charge in [0.2, 0.25) is 5.82 Å². The van der Waals surface area contributed by atoms with Gasteiger partial charge >= 0.3 is 5.97 Å². The lowest BCUT2D eigenvalue weighted by molar-refractivity contribution is 0.0694. The van der Waals surface area contributed by atoms with Crippen LogP contribution in [0.1, 0.15) is 10.4 Å². The molecule has 104 valence electrons. The SMILES string of the molecule is O=C(O)c1cc(Cl)ccc1Oc1cc(Br)cc(F)c1F. The molecule has 0 fully saturated rings. The molecule has 3 nitrogen and oxygen atoms in total. The van der Waals surface area contributed by atoms with Crippen molar-refractivity contribution >= 4 is 33.5 Å². The lowest BCUT2D eigenvalue weighted by Crippen LogP contribution is -2.01. The monoisotopic (exact) mass is 362 g/mol. The van der Waals surface area contributed by atoms with E-state index in [1.807, 2.05) is 0 Å². The van der Waals surface area contributed by atoms with Crippen molar-refractivity contribution in [3.63, 3.8) is 0 Å². The molecule has 2 rings (SSSR count). The van der Waals surface area contributed by atoms with Crippen LogP contribution in [-0.2, 0) is 0 Å². The van der Waals surface area contributed by atoms with Gasteiger partial charge in [0.05, 0.1) is 0 Å². The number of rotatable bonds is 3. The molecule has 0 saturated heterocycles. The van der Waals surface area contributed by atoms with Crippen molar-refractivity contribution in [1.82, 2.24) is 0 Å². The van der Waals surface area contributed by atoms with Gasteiger partial charge in [-0.2, -0.15) is 4.39 Å². The molecule has 2 aromatic carbocycles. The summed E-state index contributed by atoms with van der Waals surface area (Å²) in [6.07, 6.45) is 0. The Morgan fingerprint density at radius 3 is 2.55 bits per heavy atom. The number of carboxylic acid groups (broad SMARTS) is 1. The van der Waals surface area contributed by atoms with Gasteiger partial charge in [0.1, 0.15) is 11.3 Å². The highest BCUT2D eigenvalue weighted by atomic mass is 79.9. The quantitative estimate of drug-likeness (QED) is 0.791. The Morgan fingerprint density at radius 2 is 1.90 bits per heavy atom. The zero-order valence-corrected chi connectivity index (χ0v) is 12.0. The van der Waals surface area contributed by atoms with Crippen molar-refractivity contribution in [3.8, 4) is 11.5 Å². The molecule has 0 amide bonds. The molecule has 0 unspecified atom stereocenters. The number of halogens is 4. The normalized spacial score (nSPS) is 10.4. The second kappa shape index (κ2) is 5.76. The molecule has 0 aliphatic heterocycles. The summed E-state index contributed by atoms with van der Waals surface area (Å²) in [4.78, 5) is 11.1. The maximum absolute atomic E-state index is 13.6. The first-order valence-corrected chi connectivity index (χ1v) is 6.41. The molecule has 0 atom stereocenters. The Kier molecular flexibility index (Phi) is 4.25. The van der Waals surface area contributed by atoms with Crippen LogP contribution in [0.3, 0.4) is 0 Å². The number of carbonyl (C=O) groups is 1. The van der Waals surface area contributed by atoms with Gasteiger partial charge in [-0.05, 0) is 30.3 Å². The number of ether oxygens (including phenoxy) is 1. The maximum atomic E-state index is 13.6. The summed E-state index contributed by atoms with van der Waals surface area (Å²) >= 11 is 8.68. The molecule has 0 aliphatic rings. The van der Waals surface area contributed by atoms with Crippen LogP contribution >= 0.6 is 27.5 Å². The van der Waals surface area contributed by atoms with E-state index in [-0.39, 0.29) is 20.8 Å². The summed E-state index contributed by atoms with van der Waals surface area (Å²) in [6, 6.07) is 5.94. The molecule has 0 saturated carbocycles. The van der Waals surface area contributed by atoms with Crippen LogP contribution in [0.5, 0.6) is 11.5 Å². The molecule has 1 N–H and O–H groups in total. The highest BCUT2D eigenvalue weighted by Gasteiger charge is 2.17. The van der Waals surface area contributed by atoms with Crippen LogP contribution in [0, 0.1) is 11.6 Å². The molecule has 2 aromatic rings. The lowest BCUT2D eigenvalue weighted by atomic mass is 10.2. The average molecular weight is 364 g/mol. The molecular weight excluding hydrogens is 357 g/mol. The third kappa shape index (κ3) is 3.08. The fraction of sp³-hybridized carbons (Fsp3) is 0. The first-order chi connectivity index (χ1) is 9.38. The van der Waals surface area contributed by atoms with Crippen molar-refractivity contribution in [1.29, 1.82) is 0 Å². The minimum atomic E-state index is -1.29. The number of hydrogen-bond acceptors (Lipinski definition) is 2. The van der Waals surface area contributed by atoms with Gasteiger partial charge in [0.25, 0.3) is 0 Å². The topological polar surface area (TPSA) is 46.5 Å². The van der Waals surface area contributed by atoms with Gasteiger partial charge in [0, 0.05) is 9.50 Å². The van der Waals surface area contributed by atoms with E-state index in [0.717, 1.165) is 12.1 Å². The summed E-state index contributed by atoms with van der Waals surface area (Å²) in [7, 11) is 0. The van der Waals surface area contributed by atoms with E-state index in [1.54, 1.807) is 0 Å². The van der Waals surface area contributed by atoms with E-state index in [9.17, 15) is 13.6 Å². The Balaban J connectivity index is 2.48. The smallest absolute Gasteiger partial charge is 0.339 e. The number of carboxylic acids is 1. The van der Waals surface area contributed by atoms with Crippen LogP contribution in [0.2, 0.25) is 5.02 Å². The summed E-state index contributed by atoms with van der Waals surface area (Å²) in [5, 5.41) is 9.22. The standard InChI is InChI=1S/C13H6BrClF2O3/c14-6-3-9(16)12(17)11(4-6)20-10-2-1-7(15)5-8(10)13(18)19/h1-5H,(H,18,19). The van der Waals surface area contributed by atoms with Crippen molar-refractivity contribution in [2.75, 3.05) is 0 Å². The molecule has 0 bridgehead atoms. The Bertz CT molecular complexity index is 692. The van der Waals surface area contributed by atoms with Crippen LogP contribution in [0.15, 0.2) is 34.8 Å². The number of hydrogen-bond donors (Lipinski definition) is 1. The Labute approximate surface area is 125 Å². The number of aromatic carboxylic acids is 1. The van der Waals surface area contributed by atoms with E-state index < -0.39 is 23.4 Å². The van der Waals surface area contributed by atoms with E-state index >= 15 is 0 Å². The molecule has 20 heavy (non-hydrogen) atoms. The minimum absolute atomic E-state index is 0.140. The Morgan fingerprint density at radius 1 is 1.20 bits per heavy atom. The first kappa shape index (κ1) is 14.7. The molecule has 0 aromatic heterocycles. The Hall–Kier alpha value is -1.66. The van der Waals surface area contributed by atoms with E-state index in [1.165, 1.54) is 18.2 Å². The average Bonchev–Trinajstić information content (AvgIpc) is 2.37. The van der Waals surface area contributed by atoms with Crippen molar-refractivity contribution in [2.45, 2.75) is 0 Å². The summed E-state index contributed by atoms with van der Waals surface area (Å²) in [6.45, 7) is 0. The minimum Gasteiger partial charge on any atom is -0.478 e. The molecule has 0 radical (unpaired) electrons. The van der Waals surface area contributed by atoms with Crippen molar-refractivity contribution in [3.05, 3.63) is 57.0 Å². The summed E-state index contributed by atoms with van der Waals surface area (Å²) < 4.78 is 32.2. The van der Waals surface area contributed by atoms with Gasteiger partial charge in [-0.25, -0.2) is 9.18 Å². The number of benzene rings is 2. The van der Waals surface area contributed by atoms with Gasteiger partial charge in [0.15, 0.2) is 11.6 Å². The van der Waals surface area contributed by atoms with Crippen LogP contribution in [0.25, 0.3) is 0 Å². The molecule has 0 spiro atoms. The van der Waals surface area contributed by atoms with E-state index in [0.29, 0.717) is 0 Å². The van der Waals surface area contributed by atoms with Gasteiger partial charge < -0.3 is 9.84 Å². The zero-order valence-electron chi connectivity index (χ0n) is 9.66. The van der Waals surface area contributed by atoms with Crippen LogP contribution < -0.4 is 4.74 Å². The fourth-order valence-corrected chi connectivity index (χ4v) is 2.06. The maximum Gasteiger partial charge on any atom is 0.339 e. The van der Waals surface area contributed by atoms with E-state index in [4.69, 9.17) is 21.4 Å². The first-order valence-electron chi connectivity index (χ1n) is 5.23. The second-order valence-corrected chi connectivity index (χ2v) is 5.10. The largest absolute Gasteiger partial charge is 0.478 e. The second-order valence-electron chi connectivity index (χ2n) is 3.75. The summed E-state index contributed by atoms with van der Waals surface area (Å²) in [5.41, 5.74) is -0.253. The fourth-order valence-electron chi connectivity index (χ4n) is 1.48. The third-order valence-corrected chi connectivity index (χ3v) is 3.04. The van der Waals surface area contributed by atoms with Gasteiger partial charge in [-0.3, -0.25) is 0 Å². The molecule has 7 heteroatoms. The highest BCUT2D eigenvalue weighted by Crippen LogP contribution is 2.32. The predicted molar refractivity (Wildman–Crippen MR) is 72.5 cm³/mol. The van der Waals surface area contributed by atoms with Gasteiger partial charge in [-0.1, -0.05) is 27.5 Å². The molecule has 0 aliphatic carbocycles.